The van der Waals surface area contributed by atoms with Crippen LogP contribution in [0, 0.1) is 0 Å². The number of carbonyl (C=O) groups is 1. The van der Waals surface area contributed by atoms with Crippen molar-refractivity contribution in [2.45, 2.75) is 25.3 Å². The smallest absolute Gasteiger partial charge is 0.268 e. The number of hydrogen-bond acceptors (Lipinski definition) is 4. The van der Waals surface area contributed by atoms with E-state index in [4.69, 9.17) is 9.57 Å². The molecule has 1 saturated heterocycles. The van der Waals surface area contributed by atoms with Crippen LogP contribution in [-0.2, 0) is 20.8 Å². The van der Waals surface area contributed by atoms with Crippen molar-refractivity contribution in [2.24, 2.45) is 0 Å². The molecule has 2 heterocycles. The zero-order chi connectivity index (χ0) is 14.4. The highest BCUT2D eigenvalue weighted by Crippen LogP contribution is 2.27. The molecule has 1 fully saturated rings. The summed E-state index contributed by atoms with van der Waals surface area (Å²) < 4.78 is 4.94. The van der Waals surface area contributed by atoms with Gasteiger partial charge in [0.25, 0.3) is 5.91 Å². The number of hydroxylamine groups is 1. The second-order valence-corrected chi connectivity index (χ2v) is 4.81. The van der Waals surface area contributed by atoms with Crippen molar-refractivity contribution in [2.75, 3.05) is 32.4 Å². The molecule has 110 valence electrons. The maximum Gasteiger partial charge on any atom is 0.268 e. The molecular formula is C15H22N2O3. The van der Waals surface area contributed by atoms with Crippen LogP contribution < -0.4 is 10.4 Å². The van der Waals surface area contributed by atoms with E-state index in [-0.39, 0.29) is 11.9 Å². The average Bonchev–Trinajstić information content (AvgIpc) is 3.06. The third kappa shape index (κ3) is 3.36. The van der Waals surface area contributed by atoms with Gasteiger partial charge in [-0.15, -0.1) is 0 Å². The lowest BCUT2D eigenvalue weighted by molar-refractivity contribution is -0.127. The summed E-state index contributed by atoms with van der Waals surface area (Å²) in [6.45, 7) is 2.00. The van der Waals surface area contributed by atoms with Crippen molar-refractivity contribution in [3.63, 3.8) is 0 Å². The van der Waals surface area contributed by atoms with E-state index >= 15 is 0 Å². The Labute approximate surface area is 119 Å². The maximum absolute atomic E-state index is 11.9. The SMILES string of the molecule is C1CCOC1.CNC1Cc2ccccc2N(OC)C1=O. The molecule has 0 radical (unpaired) electrons. The van der Waals surface area contributed by atoms with E-state index in [0.717, 1.165) is 24.5 Å². The van der Waals surface area contributed by atoms with E-state index in [1.54, 1.807) is 7.05 Å². The Morgan fingerprint density at radius 3 is 2.55 bits per heavy atom. The summed E-state index contributed by atoms with van der Waals surface area (Å²) in [6.07, 6.45) is 3.27. The molecule has 1 unspecified atom stereocenters. The van der Waals surface area contributed by atoms with Crippen LogP contribution in [0.2, 0.25) is 0 Å². The molecule has 5 heteroatoms. The van der Waals surface area contributed by atoms with Crippen LogP contribution in [0.4, 0.5) is 5.69 Å². The summed E-state index contributed by atoms with van der Waals surface area (Å²) in [5, 5.41) is 4.33. The second kappa shape index (κ2) is 7.38. The average molecular weight is 278 g/mol. The summed E-state index contributed by atoms with van der Waals surface area (Å²) in [6, 6.07) is 7.58. The van der Waals surface area contributed by atoms with Gasteiger partial charge in [-0.05, 0) is 37.9 Å². The minimum absolute atomic E-state index is 0.0429. The number of amides is 1. The molecule has 0 aromatic heterocycles. The van der Waals surface area contributed by atoms with Gasteiger partial charge in [0.2, 0.25) is 0 Å². The quantitative estimate of drug-likeness (QED) is 0.891. The lowest BCUT2D eigenvalue weighted by Gasteiger charge is -2.31. The Kier molecular flexibility index (Phi) is 5.52. The van der Waals surface area contributed by atoms with E-state index in [0.29, 0.717) is 6.42 Å². The highest BCUT2D eigenvalue weighted by Gasteiger charge is 2.31. The molecule has 0 bridgehead atoms. The number of likely N-dealkylation sites (N-methyl/N-ethyl adjacent to an activating group) is 1. The van der Waals surface area contributed by atoms with Gasteiger partial charge in [0, 0.05) is 13.2 Å². The Morgan fingerprint density at radius 1 is 1.30 bits per heavy atom. The molecule has 2 aliphatic heterocycles. The monoisotopic (exact) mass is 278 g/mol. The Morgan fingerprint density at radius 2 is 2.00 bits per heavy atom. The first-order valence-corrected chi connectivity index (χ1v) is 6.99. The fourth-order valence-corrected chi connectivity index (χ4v) is 2.37. The van der Waals surface area contributed by atoms with Gasteiger partial charge in [0.15, 0.2) is 0 Å². The lowest BCUT2D eigenvalue weighted by Crippen LogP contribution is -2.49. The zero-order valence-electron chi connectivity index (χ0n) is 12.1. The van der Waals surface area contributed by atoms with E-state index in [9.17, 15) is 4.79 Å². The number of nitrogens with zero attached hydrogens (tertiary/aromatic N) is 1. The number of hydrogen-bond donors (Lipinski definition) is 1. The number of ether oxygens (including phenoxy) is 1. The predicted molar refractivity (Wildman–Crippen MR) is 77.5 cm³/mol. The molecule has 20 heavy (non-hydrogen) atoms. The van der Waals surface area contributed by atoms with Gasteiger partial charge in [0.1, 0.15) is 0 Å². The maximum atomic E-state index is 11.9. The van der Waals surface area contributed by atoms with E-state index in [1.165, 1.54) is 25.0 Å². The third-order valence-electron chi connectivity index (χ3n) is 3.49. The number of anilines is 1. The molecular weight excluding hydrogens is 256 g/mol. The summed E-state index contributed by atoms with van der Waals surface area (Å²) in [4.78, 5) is 17.0. The summed E-state index contributed by atoms with van der Waals surface area (Å²) >= 11 is 0. The zero-order valence-corrected chi connectivity index (χ0v) is 12.1. The van der Waals surface area contributed by atoms with Crippen LogP contribution >= 0.6 is 0 Å². The first-order valence-electron chi connectivity index (χ1n) is 6.99. The minimum atomic E-state index is -0.195. The first-order chi connectivity index (χ1) is 9.77. The lowest BCUT2D eigenvalue weighted by atomic mass is 9.99. The number of rotatable bonds is 2. The number of fused-ring (bicyclic) bond motifs is 1. The topological polar surface area (TPSA) is 50.8 Å². The molecule has 1 aromatic carbocycles. The van der Waals surface area contributed by atoms with Crippen molar-refractivity contribution < 1.29 is 14.4 Å². The number of benzene rings is 1. The number of nitrogens with one attached hydrogen (secondary N) is 1. The molecule has 5 nitrogen and oxygen atoms in total. The minimum Gasteiger partial charge on any atom is -0.381 e. The standard InChI is InChI=1S/C11H14N2O2.C4H8O/c1-12-9-7-8-5-3-4-6-10(8)13(15-2)11(9)14;1-2-4-5-3-1/h3-6,9,12H,7H2,1-2H3;1-4H2. The molecule has 1 N–H and O–H groups in total. The summed E-state index contributed by atoms with van der Waals surface area (Å²) in [5.74, 6) is -0.0429. The summed E-state index contributed by atoms with van der Waals surface area (Å²) in [5.41, 5.74) is 1.97. The molecule has 2 aliphatic rings. The Bertz CT molecular complexity index is 439. The molecule has 3 rings (SSSR count). The Hall–Kier alpha value is -1.43. The van der Waals surface area contributed by atoms with Gasteiger partial charge in [-0.3, -0.25) is 9.63 Å². The number of carbonyl (C=O) groups excluding carboxylic acids is 1. The van der Waals surface area contributed by atoms with Gasteiger partial charge in [-0.25, -0.2) is 0 Å². The number of para-hydroxylation sites is 1. The largest absolute Gasteiger partial charge is 0.381 e. The van der Waals surface area contributed by atoms with Gasteiger partial charge in [-0.2, -0.15) is 5.06 Å². The molecule has 1 aromatic rings. The fraction of sp³-hybridized carbons (Fsp3) is 0.533. The van der Waals surface area contributed by atoms with Crippen LogP contribution in [0.3, 0.4) is 0 Å². The van der Waals surface area contributed by atoms with Crippen molar-refractivity contribution >= 4 is 11.6 Å². The van der Waals surface area contributed by atoms with E-state index in [2.05, 4.69) is 5.32 Å². The van der Waals surface area contributed by atoms with Crippen LogP contribution in [-0.4, -0.2) is 39.3 Å². The molecule has 1 atom stereocenters. The van der Waals surface area contributed by atoms with Crippen LogP contribution in [0.5, 0.6) is 0 Å². The van der Waals surface area contributed by atoms with Crippen molar-refractivity contribution in [1.82, 2.24) is 5.32 Å². The van der Waals surface area contributed by atoms with E-state index < -0.39 is 0 Å². The normalized spacial score (nSPS) is 21.2. The van der Waals surface area contributed by atoms with Crippen molar-refractivity contribution in [1.29, 1.82) is 0 Å². The summed E-state index contributed by atoms with van der Waals surface area (Å²) in [7, 11) is 3.29. The van der Waals surface area contributed by atoms with Gasteiger partial charge in [-0.1, -0.05) is 18.2 Å². The predicted octanol–water partition coefficient (Wildman–Crippen LogP) is 1.52. The van der Waals surface area contributed by atoms with Gasteiger partial charge < -0.3 is 10.1 Å². The highest BCUT2D eigenvalue weighted by molar-refractivity contribution is 5.98. The van der Waals surface area contributed by atoms with Crippen molar-refractivity contribution in [3.8, 4) is 0 Å². The van der Waals surface area contributed by atoms with Crippen LogP contribution in [0.25, 0.3) is 0 Å². The molecule has 0 aliphatic carbocycles. The van der Waals surface area contributed by atoms with Crippen LogP contribution in [0.1, 0.15) is 18.4 Å². The fourth-order valence-electron chi connectivity index (χ4n) is 2.37. The van der Waals surface area contributed by atoms with Gasteiger partial charge >= 0.3 is 0 Å². The van der Waals surface area contributed by atoms with E-state index in [1.807, 2.05) is 24.3 Å². The van der Waals surface area contributed by atoms with Gasteiger partial charge in [0.05, 0.1) is 18.8 Å². The Balaban J connectivity index is 0.000000247. The molecule has 0 saturated carbocycles. The molecule has 0 spiro atoms. The third-order valence-corrected chi connectivity index (χ3v) is 3.49. The van der Waals surface area contributed by atoms with Crippen LogP contribution in [0.15, 0.2) is 24.3 Å². The van der Waals surface area contributed by atoms with Crippen molar-refractivity contribution in [3.05, 3.63) is 29.8 Å². The second-order valence-electron chi connectivity index (χ2n) is 4.81. The molecule has 1 amide bonds. The highest BCUT2D eigenvalue weighted by atomic mass is 16.7. The first kappa shape index (κ1) is 15.0.